The maximum absolute atomic E-state index is 12.9. The molecule has 120 valence electrons. The van der Waals surface area contributed by atoms with Crippen LogP contribution in [0.3, 0.4) is 0 Å². The van der Waals surface area contributed by atoms with Gasteiger partial charge in [0.2, 0.25) is 0 Å². The minimum atomic E-state index is -0.543. The molecule has 1 N–H and O–H groups in total. The number of aryl methyl sites for hydroxylation is 1. The Morgan fingerprint density at radius 3 is 2.52 bits per heavy atom. The molecule has 5 heteroatoms. The van der Waals surface area contributed by atoms with Crippen LogP contribution in [0.25, 0.3) is 0 Å². The number of esters is 1. The van der Waals surface area contributed by atoms with Crippen molar-refractivity contribution in [2.75, 3.05) is 6.61 Å². The number of hydrogen-bond donors (Lipinski definition) is 1. The van der Waals surface area contributed by atoms with E-state index in [1.54, 1.807) is 37.3 Å². The van der Waals surface area contributed by atoms with Gasteiger partial charge in [-0.3, -0.25) is 4.79 Å². The van der Waals surface area contributed by atoms with Gasteiger partial charge in [-0.05, 0) is 43.7 Å². The lowest BCUT2D eigenvalue weighted by atomic mass is 10.1. The topological polar surface area (TPSA) is 55.4 Å². The highest BCUT2D eigenvalue weighted by molar-refractivity contribution is 5.91. The summed E-state index contributed by atoms with van der Waals surface area (Å²) in [7, 11) is 0. The predicted molar refractivity (Wildman–Crippen MR) is 84.4 cm³/mol. The van der Waals surface area contributed by atoms with Crippen LogP contribution in [0, 0.1) is 12.7 Å². The number of carbonyl (C=O) groups is 2. The van der Waals surface area contributed by atoms with Gasteiger partial charge in [-0.1, -0.05) is 29.8 Å². The molecule has 0 radical (unpaired) electrons. The lowest BCUT2D eigenvalue weighted by molar-refractivity contribution is -0.124. The van der Waals surface area contributed by atoms with Crippen molar-refractivity contribution in [1.29, 1.82) is 0 Å². The molecule has 0 saturated carbocycles. The lowest BCUT2D eigenvalue weighted by Crippen LogP contribution is -2.31. The van der Waals surface area contributed by atoms with E-state index >= 15 is 0 Å². The van der Waals surface area contributed by atoms with Crippen LogP contribution in [0.4, 0.5) is 4.39 Å². The van der Waals surface area contributed by atoms with Crippen LogP contribution in [-0.2, 0) is 9.53 Å². The highest BCUT2D eigenvalue weighted by Crippen LogP contribution is 2.12. The summed E-state index contributed by atoms with van der Waals surface area (Å²) >= 11 is 0. The summed E-state index contributed by atoms with van der Waals surface area (Å²) in [6.07, 6.45) is 0. The van der Waals surface area contributed by atoms with Crippen molar-refractivity contribution in [2.24, 2.45) is 0 Å². The first-order valence-corrected chi connectivity index (χ1v) is 7.24. The van der Waals surface area contributed by atoms with Gasteiger partial charge in [-0.2, -0.15) is 0 Å². The smallest absolute Gasteiger partial charge is 0.338 e. The molecule has 4 nitrogen and oxygen atoms in total. The summed E-state index contributed by atoms with van der Waals surface area (Å²) in [4.78, 5) is 23.7. The molecule has 0 saturated heterocycles. The molecule has 0 aliphatic carbocycles. The number of nitrogens with one attached hydrogen (secondary N) is 1. The van der Waals surface area contributed by atoms with E-state index in [0.29, 0.717) is 5.56 Å². The maximum atomic E-state index is 12.9. The Balaban J connectivity index is 1.85. The van der Waals surface area contributed by atoms with E-state index < -0.39 is 11.9 Å². The van der Waals surface area contributed by atoms with Crippen molar-refractivity contribution in [3.63, 3.8) is 0 Å². The SMILES string of the molecule is Cc1cccc(C(=O)OCC(=O)N[C@H](C)c2ccc(F)cc2)c1. The zero-order chi connectivity index (χ0) is 16.8. The third-order valence-electron chi connectivity index (χ3n) is 3.34. The van der Waals surface area contributed by atoms with Crippen LogP contribution in [0.1, 0.15) is 34.5 Å². The summed E-state index contributed by atoms with van der Waals surface area (Å²) in [6.45, 7) is 3.28. The van der Waals surface area contributed by atoms with E-state index in [-0.39, 0.29) is 18.5 Å². The summed E-state index contributed by atoms with van der Waals surface area (Å²) in [5.41, 5.74) is 2.11. The number of carbonyl (C=O) groups excluding carboxylic acids is 2. The highest BCUT2D eigenvalue weighted by atomic mass is 19.1. The first-order valence-electron chi connectivity index (χ1n) is 7.24. The molecule has 0 aliphatic heterocycles. The van der Waals surface area contributed by atoms with Crippen molar-refractivity contribution in [3.05, 3.63) is 71.0 Å². The van der Waals surface area contributed by atoms with Gasteiger partial charge in [0.25, 0.3) is 5.91 Å². The van der Waals surface area contributed by atoms with Crippen molar-refractivity contribution >= 4 is 11.9 Å². The van der Waals surface area contributed by atoms with Gasteiger partial charge < -0.3 is 10.1 Å². The average molecular weight is 315 g/mol. The van der Waals surface area contributed by atoms with Crippen molar-refractivity contribution < 1.29 is 18.7 Å². The third-order valence-corrected chi connectivity index (χ3v) is 3.34. The lowest BCUT2D eigenvalue weighted by Gasteiger charge is -2.14. The van der Waals surface area contributed by atoms with Gasteiger partial charge in [-0.25, -0.2) is 9.18 Å². The van der Waals surface area contributed by atoms with Gasteiger partial charge in [-0.15, -0.1) is 0 Å². The van der Waals surface area contributed by atoms with Crippen molar-refractivity contribution in [1.82, 2.24) is 5.32 Å². The van der Waals surface area contributed by atoms with E-state index in [9.17, 15) is 14.0 Å². The van der Waals surface area contributed by atoms with E-state index in [2.05, 4.69) is 5.32 Å². The molecule has 1 atom stereocenters. The van der Waals surface area contributed by atoms with Crippen LogP contribution < -0.4 is 5.32 Å². The Labute approximate surface area is 134 Å². The van der Waals surface area contributed by atoms with Crippen molar-refractivity contribution in [2.45, 2.75) is 19.9 Å². The van der Waals surface area contributed by atoms with Crippen molar-refractivity contribution in [3.8, 4) is 0 Å². The number of rotatable bonds is 5. The molecule has 0 unspecified atom stereocenters. The Morgan fingerprint density at radius 2 is 1.87 bits per heavy atom. The van der Waals surface area contributed by atoms with E-state index in [0.717, 1.165) is 11.1 Å². The highest BCUT2D eigenvalue weighted by Gasteiger charge is 2.13. The second kappa shape index (κ2) is 7.54. The molecule has 1 amide bonds. The second-order valence-electron chi connectivity index (χ2n) is 5.29. The van der Waals surface area contributed by atoms with Crippen LogP contribution in [0.15, 0.2) is 48.5 Å². The van der Waals surface area contributed by atoms with Gasteiger partial charge in [0.1, 0.15) is 5.82 Å². The number of ether oxygens (including phenoxy) is 1. The molecule has 2 aromatic rings. The number of benzene rings is 2. The minimum Gasteiger partial charge on any atom is -0.452 e. The molecular weight excluding hydrogens is 297 g/mol. The van der Waals surface area contributed by atoms with Crippen LogP contribution in [-0.4, -0.2) is 18.5 Å². The summed E-state index contributed by atoms with van der Waals surface area (Å²) in [5.74, 6) is -1.29. The third kappa shape index (κ3) is 4.92. The van der Waals surface area contributed by atoms with E-state index in [1.165, 1.54) is 12.1 Å². The Kier molecular flexibility index (Phi) is 5.46. The first kappa shape index (κ1) is 16.7. The number of halogens is 1. The standard InChI is InChI=1S/C18H18FNO3/c1-12-4-3-5-15(10-12)18(22)23-11-17(21)20-13(2)14-6-8-16(19)9-7-14/h3-10,13H,11H2,1-2H3,(H,20,21)/t13-/m1/s1. The molecule has 0 aromatic heterocycles. The quantitative estimate of drug-likeness (QED) is 0.862. The Bertz CT molecular complexity index is 698. The van der Waals surface area contributed by atoms with Crippen LogP contribution >= 0.6 is 0 Å². The molecular formula is C18H18FNO3. The molecule has 0 fully saturated rings. The minimum absolute atomic E-state index is 0.305. The number of hydrogen-bond acceptors (Lipinski definition) is 3. The fourth-order valence-electron chi connectivity index (χ4n) is 2.10. The van der Waals surface area contributed by atoms with Crippen LogP contribution in [0.5, 0.6) is 0 Å². The van der Waals surface area contributed by atoms with E-state index in [4.69, 9.17) is 4.74 Å². The Hall–Kier alpha value is -2.69. The van der Waals surface area contributed by atoms with Gasteiger partial charge in [0, 0.05) is 0 Å². The summed E-state index contributed by atoms with van der Waals surface area (Å²) < 4.78 is 17.9. The Morgan fingerprint density at radius 1 is 1.17 bits per heavy atom. The molecule has 0 spiro atoms. The maximum Gasteiger partial charge on any atom is 0.338 e. The molecule has 2 aromatic carbocycles. The van der Waals surface area contributed by atoms with Gasteiger partial charge in [0.15, 0.2) is 6.61 Å². The molecule has 2 rings (SSSR count). The second-order valence-corrected chi connectivity index (χ2v) is 5.29. The predicted octanol–water partition coefficient (Wildman–Crippen LogP) is 3.17. The fourth-order valence-corrected chi connectivity index (χ4v) is 2.10. The van der Waals surface area contributed by atoms with E-state index in [1.807, 2.05) is 13.0 Å². The summed E-state index contributed by atoms with van der Waals surface area (Å²) in [6, 6.07) is 12.5. The largest absolute Gasteiger partial charge is 0.452 e. The fraction of sp³-hybridized carbons (Fsp3) is 0.222. The first-order chi connectivity index (χ1) is 11.0. The molecule has 0 heterocycles. The molecule has 0 aliphatic rings. The number of amides is 1. The zero-order valence-electron chi connectivity index (χ0n) is 13.0. The summed E-state index contributed by atoms with van der Waals surface area (Å²) in [5, 5.41) is 2.70. The van der Waals surface area contributed by atoms with Crippen LogP contribution in [0.2, 0.25) is 0 Å². The van der Waals surface area contributed by atoms with Gasteiger partial charge in [0.05, 0.1) is 11.6 Å². The van der Waals surface area contributed by atoms with Gasteiger partial charge >= 0.3 is 5.97 Å². The molecule has 23 heavy (non-hydrogen) atoms. The average Bonchev–Trinajstić information content (AvgIpc) is 2.53. The zero-order valence-corrected chi connectivity index (χ0v) is 13.0. The monoisotopic (exact) mass is 315 g/mol. The normalized spacial score (nSPS) is 11.6. The molecule has 0 bridgehead atoms.